The van der Waals surface area contributed by atoms with E-state index in [1.54, 1.807) is 0 Å². The number of nitrogens with one attached hydrogen (secondary N) is 3. The third kappa shape index (κ3) is 4.87. The lowest BCUT2D eigenvalue weighted by molar-refractivity contribution is -0.130. The fraction of sp³-hybridized carbons (Fsp3) is 0.720. The van der Waals surface area contributed by atoms with Crippen molar-refractivity contribution in [2.24, 2.45) is 17.8 Å². The lowest BCUT2D eigenvalue weighted by atomic mass is 9.80. The highest BCUT2D eigenvalue weighted by atomic mass is 16.2. The number of hydrogen-bond donors (Lipinski definition) is 3. The molecule has 4 heterocycles. The zero-order chi connectivity index (χ0) is 22.4. The Morgan fingerprint density at radius 2 is 1.88 bits per heavy atom. The van der Waals surface area contributed by atoms with Crippen LogP contribution < -0.4 is 20.9 Å². The fourth-order valence-corrected chi connectivity index (χ4v) is 5.94. The Bertz CT molecular complexity index is 875. The number of pyridine rings is 1. The molecule has 178 valence electrons. The second-order valence-electron chi connectivity index (χ2n) is 10.8. The van der Waals surface area contributed by atoms with Crippen LogP contribution in [0, 0.1) is 17.8 Å². The van der Waals surface area contributed by atoms with Crippen LogP contribution in [0.3, 0.4) is 0 Å². The normalized spacial score (nSPS) is 32.7. The van der Waals surface area contributed by atoms with Crippen LogP contribution in [0.2, 0.25) is 0 Å². The minimum atomic E-state index is -0.0607. The molecule has 4 atom stereocenters. The van der Waals surface area contributed by atoms with Crippen LogP contribution in [0.1, 0.15) is 49.0 Å². The zero-order valence-electron chi connectivity index (χ0n) is 19.3. The smallest absolute Gasteiger partial charge is 0.270 e. The Morgan fingerprint density at radius 1 is 1.06 bits per heavy atom. The average molecular weight is 453 g/mol. The number of anilines is 1. The summed E-state index contributed by atoms with van der Waals surface area (Å²) >= 11 is 0. The predicted octanol–water partition coefficient (Wildman–Crippen LogP) is 0.989. The maximum absolute atomic E-state index is 12.5. The number of carbonyl (C=O) groups excluding carboxylic acids is 2. The molecule has 0 spiro atoms. The third-order valence-corrected chi connectivity index (χ3v) is 8.25. The molecule has 4 unspecified atom stereocenters. The van der Waals surface area contributed by atoms with E-state index in [-0.39, 0.29) is 11.8 Å². The van der Waals surface area contributed by atoms with Gasteiger partial charge in [-0.2, -0.15) is 0 Å². The number of rotatable bonds is 6. The molecule has 2 saturated carbocycles. The quantitative estimate of drug-likeness (QED) is 0.597. The number of hydrogen-bond acceptors (Lipinski definition) is 6. The van der Waals surface area contributed by atoms with Crippen molar-refractivity contribution in [2.45, 2.75) is 56.7 Å². The van der Waals surface area contributed by atoms with Gasteiger partial charge in [-0.15, -0.1) is 0 Å². The Balaban J connectivity index is 0.963. The number of carbonyl (C=O) groups is 2. The fourth-order valence-electron chi connectivity index (χ4n) is 5.94. The molecule has 8 heteroatoms. The Morgan fingerprint density at radius 3 is 2.58 bits per heavy atom. The summed E-state index contributed by atoms with van der Waals surface area (Å²) in [5.74, 6) is 1.72. The van der Waals surface area contributed by atoms with Crippen LogP contribution in [0.5, 0.6) is 0 Å². The van der Waals surface area contributed by atoms with E-state index < -0.39 is 0 Å². The molecule has 3 saturated heterocycles. The summed E-state index contributed by atoms with van der Waals surface area (Å²) in [6, 6.07) is 4.98. The Hall–Kier alpha value is -2.19. The van der Waals surface area contributed by atoms with Crippen LogP contribution in [0.25, 0.3) is 0 Å². The van der Waals surface area contributed by atoms with E-state index in [4.69, 9.17) is 0 Å². The second-order valence-corrected chi connectivity index (χ2v) is 10.8. The van der Waals surface area contributed by atoms with Crippen molar-refractivity contribution in [3.8, 4) is 0 Å². The maximum Gasteiger partial charge on any atom is 0.270 e. The molecular weight excluding hydrogens is 416 g/mol. The summed E-state index contributed by atoms with van der Waals surface area (Å²) in [4.78, 5) is 34.0. The van der Waals surface area contributed by atoms with Crippen molar-refractivity contribution in [2.75, 3.05) is 44.2 Å². The summed E-state index contributed by atoms with van der Waals surface area (Å²) in [5.41, 5.74) is 1.60. The highest BCUT2D eigenvalue weighted by molar-refractivity contribution is 5.92. The van der Waals surface area contributed by atoms with Gasteiger partial charge in [0.1, 0.15) is 5.69 Å². The number of fused-ring (bicyclic) bond motifs is 1. The van der Waals surface area contributed by atoms with Gasteiger partial charge in [0.25, 0.3) is 5.91 Å². The molecule has 33 heavy (non-hydrogen) atoms. The van der Waals surface area contributed by atoms with Gasteiger partial charge in [0.15, 0.2) is 0 Å². The Labute approximate surface area is 195 Å². The van der Waals surface area contributed by atoms with Crippen molar-refractivity contribution < 1.29 is 9.59 Å². The highest BCUT2D eigenvalue weighted by Gasteiger charge is 2.45. The largest absolute Gasteiger partial charge is 0.368 e. The summed E-state index contributed by atoms with van der Waals surface area (Å²) in [5, 5.41) is 10.1. The lowest BCUT2D eigenvalue weighted by Crippen LogP contribution is -2.63. The molecule has 6 rings (SSSR count). The number of amides is 2. The summed E-state index contributed by atoms with van der Waals surface area (Å²) in [7, 11) is 0. The molecule has 2 aliphatic carbocycles. The number of aromatic nitrogens is 1. The van der Waals surface area contributed by atoms with Crippen LogP contribution in [-0.4, -0.2) is 79.1 Å². The van der Waals surface area contributed by atoms with Crippen molar-refractivity contribution in [1.82, 2.24) is 25.8 Å². The molecule has 0 radical (unpaired) electrons. The van der Waals surface area contributed by atoms with Gasteiger partial charge >= 0.3 is 0 Å². The van der Waals surface area contributed by atoms with Crippen molar-refractivity contribution in [3.63, 3.8) is 0 Å². The highest BCUT2D eigenvalue weighted by Crippen LogP contribution is 2.41. The standard InChI is InChI=1S/C25H36N6O2/c32-24-20(17-1-2-17)12-22-23(29-24)11-16(13-26-22)15-30-7-9-31(10-8-30)19-5-6-21(27-14-19)25(33)28-18-3-4-18/h5-6,14,16-18,20,22-23,26H,1-4,7-13,15H2,(H,28,33)(H,29,32). The van der Waals surface area contributed by atoms with E-state index in [2.05, 4.69) is 30.7 Å². The molecule has 0 aromatic carbocycles. The zero-order valence-corrected chi connectivity index (χ0v) is 19.3. The first-order valence-corrected chi connectivity index (χ1v) is 12.9. The number of nitrogens with zero attached hydrogens (tertiary/aromatic N) is 3. The van der Waals surface area contributed by atoms with E-state index in [0.29, 0.717) is 41.6 Å². The van der Waals surface area contributed by atoms with Gasteiger partial charge in [0.05, 0.1) is 11.9 Å². The summed E-state index contributed by atoms with van der Waals surface area (Å²) < 4.78 is 0. The van der Waals surface area contributed by atoms with E-state index in [1.807, 2.05) is 18.3 Å². The molecule has 0 bridgehead atoms. The number of piperidine rings is 2. The topological polar surface area (TPSA) is 89.6 Å². The summed E-state index contributed by atoms with van der Waals surface area (Å²) in [6.45, 7) is 6.16. The first-order chi connectivity index (χ1) is 16.1. The average Bonchev–Trinajstić information content (AvgIpc) is 3.75. The molecule has 1 aromatic rings. The first-order valence-electron chi connectivity index (χ1n) is 12.9. The van der Waals surface area contributed by atoms with Crippen LogP contribution in [0.15, 0.2) is 18.3 Å². The molecule has 2 amide bonds. The lowest BCUT2D eigenvalue weighted by Gasteiger charge is -2.45. The number of piperazine rings is 1. The predicted molar refractivity (Wildman–Crippen MR) is 126 cm³/mol. The minimum Gasteiger partial charge on any atom is -0.368 e. The summed E-state index contributed by atoms with van der Waals surface area (Å²) in [6.07, 6.45) is 8.60. The molecular formula is C25H36N6O2. The minimum absolute atomic E-state index is 0.0607. The molecule has 5 aliphatic rings. The van der Waals surface area contributed by atoms with Gasteiger partial charge in [0, 0.05) is 56.8 Å². The Kier molecular flexibility index (Phi) is 5.74. The van der Waals surface area contributed by atoms with Crippen molar-refractivity contribution >= 4 is 17.5 Å². The van der Waals surface area contributed by atoms with Gasteiger partial charge in [0.2, 0.25) is 5.91 Å². The second kappa shape index (κ2) is 8.87. The van der Waals surface area contributed by atoms with Crippen molar-refractivity contribution in [3.05, 3.63) is 24.0 Å². The van der Waals surface area contributed by atoms with Gasteiger partial charge in [-0.25, -0.2) is 4.98 Å². The van der Waals surface area contributed by atoms with Gasteiger partial charge in [-0.05, 0) is 69.0 Å². The van der Waals surface area contributed by atoms with Crippen LogP contribution in [0.4, 0.5) is 5.69 Å². The monoisotopic (exact) mass is 452 g/mol. The molecule has 5 fully saturated rings. The third-order valence-electron chi connectivity index (χ3n) is 8.25. The van der Waals surface area contributed by atoms with E-state index in [1.165, 1.54) is 12.8 Å². The van der Waals surface area contributed by atoms with E-state index >= 15 is 0 Å². The van der Waals surface area contributed by atoms with Gasteiger partial charge in [-0.3, -0.25) is 14.5 Å². The molecule has 1 aromatic heterocycles. The van der Waals surface area contributed by atoms with Crippen LogP contribution >= 0.6 is 0 Å². The van der Waals surface area contributed by atoms with E-state index in [0.717, 1.165) is 70.6 Å². The van der Waals surface area contributed by atoms with Crippen LogP contribution in [-0.2, 0) is 4.79 Å². The van der Waals surface area contributed by atoms with Gasteiger partial charge < -0.3 is 20.9 Å². The molecule has 3 N–H and O–H groups in total. The SMILES string of the molecule is O=C(NC1CC1)c1ccc(N2CCN(CC3CNC4CC(C5CC5)C(=O)NC4C3)CC2)cn1. The maximum atomic E-state index is 12.5. The van der Waals surface area contributed by atoms with Gasteiger partial charge in [-0.1, -0.05) is 0 Å². The first kappa shape index (κ1) is 21.4. The molecule has 3 aliphatic heterocycles. The van der Waals surface area contributed by atoms with Crippen molar-refractivity contribution in [1.29, 1.82) is 0 Å². The molecule has 8 nitrogen and oxygen atoms in total. The van der Waals surface area contributed by atoms with E-state index in [9.17, 15) is 9.59 Å².